The summed E-state index contributed by atoms with van der Waals surface area (Å²) in [6.07, 6.45) is 4.03. The van der Waals surface area contributed by atoms with Gasteiger partial charge in [-0.05, 0) is 43.6 Å². The van der Waals surface area contributed by atoms with Crippen molar-refractivity contribution in [3.05, 3.63) is 33.9 Å². The maximum Gasteiger partial charge on any atom is 0.341 e. The van der Waals surface area contributed by atoms with Gasteiger partial charge in [-0.1, -0.05) is 13.8 Å². The van der Waals surface area contributed by atoms with E-state index < -0.39 is 10.9 Å². The van der Waals surface area contributed by atoms with Gasteiger partial charge in [-0.3, -0.25) is 14.9 Å². The number of nitro groups is 1. The Morgan fingerprint density at radius 1 is 1.14 bits per heavy atom. The number of rotatable bonds is 5. The molecule has 0 aromatic heterocycles. The van der Waals surface area contributed by atoms with Crippen LogP contribution in [0.5, 0.6) is 0 Å². The van der Waals surface area contributed by atoms with Crippen LogP contribution in [0.25, 0.3) is 0 Å². The minimum absolute atomic E-state index is 0.147. The van der Waals surface area contributed by atoms with Gasteiger partial charge >= 0.3 is 5.97 Å². The van der Waals surface area contributed by atoms with Crippen LogP contribution in [-0.4, -0.2) is 54.5 Å². The molecule has 8 heteroatoms. The molecule has 0 bridgehead atoms. The maximum absolute atomic E-state index is 12.8. The fraction of sp³-hybridized carbons (Fsp3) is 0.619. The molecule has 0 spiro atoms. The number of benzene rings is 1. The van der Waals surface area contributed by atoms with E-state index in [0.717, 1.165) is 38.8 Å². The molecule has 2 heterocycles. The van der Waals surface area contributed by atoms with Gasteiger partial charge in [0.1, 0.15) is 0 Å². The third-order valence-corrected chi connectivity index (χ3v) is 5.87. The highest BCUT2D eigenvalue weighted by Gasteiger charge is 2.26. The summed E-state index contributed by atoms with van der Waals surface area (Å²) < 4.78 is 5.29. The summed E-state index contributed by atoms with van der Waals surface area (Å²) in [7, 11) is 0. The SMILES string of the molecule is CC1CCN(c2ccc([N+](=O)[O-])cc2C(=O)OCC(=O)N2CCC[C@H](C)C2)CC1. The van der Waals surface area contributed by atoms with Gasteiger partial charge < -0.3 is 14.5 Å². The third-order valence-electron chi connectivity index (χ3n) is 5.87. The normalized spacial score (nSPS) is 20.4. The first-order valence-corrected chi connectivity index (χ1v) is 10.3. The van der Waals surface area contributed by atoms with Crippen molar-refractivity contribution in [1.29, 1.82) is 0 Å². The van der Waals surface area contributed by atoms with E-state index in [4.69, 9.17) is 4.74 Å². The summed E-state index contributed by atoms with van der Waals surface area (Å²) in [5, 5.41) is 11.2. The average Bonchev–Trinajstić information content (AvgIpc) is 2.72. The van der Waals surface area contributed by atoms with Gasteiger partial charge in [-0.25, -0.2) is 4.79 Å². The van der Waals surface area contributed by atoms with Crippen molar-refractivity contribution in [3.8, 4) is 0 Å². The molecule has 29 heavy (non-hydrogen) atoms. The van der Waals surface area contributed by atoms with Crippen molar-refractivity contribution in [2.45, 2.75) is 39.5 Å². The van der Waals surface area contributed by atoms with Crippen molar-refractivity contribution in [2.75, 3.05) is 37.7 Å². The molecular formula is C21H29N3O5. The Hall–Kier alpha value is -2.64. The summed E-state index contributed by atoms with van der Waals surface area (Å²) in [5.74, 6) is 0.141. The number of non-ortho nitro benzene ring substituents is 1. The standard InChI is InChI=1S/C21H29N3O5/c1-15-7-10-22(11-8-15)19-6-5-17(24(27)28)12-18(19)21(26)29-14-20(25)23-9-3-4-16(2)13-23/h5-6,12,15-16H,3-4,7-11,13-14H2,1-2H3/t16-/m0/s1. The van der Waals surface area contributed by atoms with Crippen LogP contribution in [0.3, 0.4) is 0 Å². The summed E-state index contributed by atoms with van der Waals surface area (Å²) in [6, 6.07) is 4.27. The zero-order valence-electron chi connectivity index (χ0n) is 17.1. The first-order chi connectivity index (χ1) is 13.8. The number of ether oxygens (including phenoxy) is 1. The fourth-order valence-electron chi connectivity index (χ4n) is 4.04. The van der Waals surface area contributed by atoms with E-state index in [-0.39, 0.29) is 23.8 Å². The molecule has 8 nitrogen and oxygen atoms in total. The number of hydrogen-bond acceptors (Lipinski definition) is 6. The first-order valence-electron chi connectivity index (χ1n) is 10.3. The molecule has 0 saturated carbocycles. The summed E-state index contributed by atoms with van der Waals surface area (Å²) >= 11 is 0. The van der Waals surface area contributed by atoms with E-state index in [1.807, 2.05) is 0 Å². The topological polar surface area (TPSA) is 93.0 Å². The quantitative estimate of drug-likeness (QED) is 0.426. The van der Waals surface area contributed by atoms with Gasteiger partial charge in [-0.15, -0.1) is 0 Å². The van der Waals surface area contributed by atoms with E-state index >= 15 is 0 Å². The van der Waals surface area contributed by atoms with E-state index in [9.17, 15) is 19.7 Å². The Morgan fingerprint density at radius 2 is 1.86 bits per heavy atom. The van der Waals surface area contributed by atoms with Crippen molar-refractivity contribution in [1.82, 2.24) is 4.90 Å². The predicted molar refractivity (Wildman–Crippen MR) is 109 cm³/mol. The van der Waals surface area contributed by atoms with E-state index in [1.54, 1.807) is 11.0 Å². The smallest absolute Gasteiger partial charge is 0.341 e. The number of amides is 1. The second-order valence-corrected chi connectivity index (χ2v) is 8.29. The monoisotopic (exact) mass is 403 g/mol. The molecule has 0 N–H and O–H groups in total. The van der Waals surface area contributed by atoms with E-state index in [2.05, 4.69) is 18.7 Å². The molecule has 1 aromatic rings. The number of hydrogen-bond donors (Lipinski definition) is 0. The molecule has 158 valence electrons. The fourth-order valence-corrected chi connectivity index (χ4v) is 4.04. The lowest BCUT2D eigenvalue weighted by molar-refractivity contribution is -0.384. The maximum atomic E-state index is 12.8. The molecule has 2 aliphatic rings. The first kappa shape index (κ1) is 21.1. The molecule has 3 rings (SSSR count). The van der Waals surface area contributed by atoms with Crippen LogP contribution >= 0.6 is 0 Å². The number of carbonyl (C=O) groups excluding carboxylic acids is 2. The molecule has 1 amide bonds. The van der Waals surface area contributed by atoms with E-state index in [0.29, 0.717) is 30.6 Å². The van der Waals surface area contributed by atoms with Gasteiger partial charge in [0.05, 0.1) is 16.2 Å². The van der Waals surface area contributed by atoms with Crippen LogP contribution in [0.1, 0.15) is 49.9 Å². The van der Waals surface area contributed by atoms with Gasteiger partial charge in [0.2, 0.25) is 0 Å². The number of nitrogens with zero attached hydrogens (tertiary/aromatic N) is 3. The van der Waals surface area contributed by atoms with Gasteiger partial charge in [-0.2, -0.15) is 0 Å². The number of likely N-dealkylation sites (tertiary alicyclic amines) is 1. The Morgan fingerprint density at radius 3 is 2.52 bits per heavy atom. The highest BCUT2D eigenvalue weighted by atomic mass is 16.6. The number of nitro benzene ring substituents is 1. The minimum Gasteiger partial charge on any atom is -0.452 e. The Labute approximate surface area is 171 Å². The van der Waals surface area contributed by atoms with Crippen LogP contribution in [0, 0.1) is 22.0 Å². The molecule has 1 atom stereocenters. The largest absolute Gasteiger partial charge is 0.452 e. The van der Waals surface area contributed by atoms with Crippen LogP contribution in [0.15, 0.2) is 18.2 Å². The second-order valence-electron chi connectivity index (χ2n) is 8.29. The zero-order chi connectivity index (χ0) is 21.0. The second kappa shape index (κ2) is 9.24. The number of carbonyl (C=O) groups is 2. The molecular weight excluding hydrogens is 374 g/mol. The lowest BCUT2D eigenvalue weighted by atomic mass is 9.98. The molecule has 0 unspecified atom stereocenters. The van der Waals surface area contributed by atoms with Crippen molar-refractivity contribution >= 4 is 23.3 Å². The highest BCUT2D eigenvalue weighted by molar-refractivity contribution is 5.97. The van der Waals surface area contributed by atoms with Crippen molar-refractivity contribution in [3.63, 3.8) is 0 Å². The van der Waals surface area contributed by atoms with Crippen molar-refractivity contribution in [2.24, 2.45) is 11.8 Å². The highest BCUT2D eigenvalue weighted by Crippen LogP contribution is 2.30. The molecule has 2 fully saturated rings. The predicted octanol–water partition coefficient (Wildman–Crippen LogP) is 3.25. The number of piperidine rings is 2. The average molecular weight is 403 g/mol. The van der Waals surface area contributed by atoms with Crippen molar-refractivity contribution < 1.29 is 19.2 Å². The van der Waals surface area contributed by atoms with Gasteiger partial charge in [0.25, 0.3) is 11.6 Å². The Balaban J connectivity index is 1.72. The molecule has 2 saturated heterocycles. The van der Waals surface area contributed by atoms with Crippen LogP contribution in [0.4, 0.5) is 11.4 Å². The molecule has 0 aliphatic carbocycles. The van der Waals surface area contributed by atoms with Crippen LogP contribution in [-0.2, 0) is 9.53 Å². The third kappa shape index (κ3) is 5.25. The summed E-state index contributed by atoms with van der Waals surface area (Å²) in [4.78, 5) is 39.6. The molecule has 0 radical (unpaired) electrons. The lowest BCUT2D eigenvalue weighted by Gasteiger charge is -2.33. The van der Waals surface area contributed by atoms with Gasteiger partial charge in [0.15, 0.2) is 6.61 Å². The number of esters is 1. The van der Waals surface area contributed by atoms with Gasteiger partial charge in [0, 0.05) is 38.3 Å². The summed E-state index contributed by atoms with van der Waals surface area (Å²) in [6.45, 7) is 6.85. The summed E-state index contributed by atoms with van der Waals surface area (Å²) in [5.41, 5.74) is 0.613. The molecule has 2 aliphatic heterocycles. The van der Waals surface area contributed by atoms with Crippen LogP contribution in [0.2, 0.25) is 0 Å². The Kier molecular flexibility index (Phi) is 6.71. The Bertz CT molecular complexity index is 774. The molecule has 1 aromatic carbocycles. The lowest BCUT2D eigenvalue weighted by Crippen LogP contribution is -2.41. The van der Waals surface area contributed by atoms with Crippen LogP contribution < -0.4 is 4.90 Å². The number of anilines is 1. The minimum atomic E-state index is -0.694. The van der Waals surface area contributed by atoms with E-state index in [1.165, 1.54) is 12.1 Å². The zero-order valence-corrected chi connectivity index (χ0v) is 17.1.